The number of halogens is 1. The quantitative estimate of drug-likeness (QED) is 0.862. The third-order valence-electron chi connectivity index (χ3n) is 3.82. The molecule has 2 aromatic heterocycles. The van der Waals surface area contributed by atoms with Gasteiger partial charge in [-0.25, -0.2) is 4.98 Å². The Morgan fingerprint density at radius 1 is 1.57 bits per heavy atom. The van der Waals surface area contributed by atoms with Crippen molar-refractivity contribution in [3.05, 3.63) is 34.0 Å². The molecule has 1 unspecified atom stereocenters. The van der Waals surface area contributed by atoms with Gasteiger partial charge in [0.1, 0.15) is 5.69 Å². The Labute approximate surface area is 146 Å². The van der Waals surface area contributed by atoms with Crippen LogP contribution in [0.15, 0.2) is 17.6 Å². The lowest BCUT2D eigenvalue weighted by molar-refractivity contribution is 0.0944. The number of aryl methyl sites for hydroxylation is 1. The molecule has 0 aliphatic carbocycles. The highest BCUT2D eigenvalue weighted by Gasteiger charge is 2.17. The highest BCUT2D eigenvalue weighted by molar-refractivity contribution is 7.09. The van der Waals surface area contributed by atoms with Gasteiger partial charge in [-0.05, 0) is 31.9 Å². The summed E-state index contributed by atoms with van der Waals surface area (Å²) in [5.41, 5.74) is 1.38. The van der Waals surface area contributed by atoms with Gasteiger partial charge in [-0.3, -0.25) is 9.48 Å². The first-order valence-corrected chi connectivity index (χ1v) is 8.61. The predicted molar refractivity (Wildman–Crippen MR) is 93.3 cm³/mol. The van der Waals surface area contributed by atoms with Crippen LogP contribution in [0.3, 0.4) is 0 Å². The zero-order valence-corrected chi connectivity index (χ0v) is 14.8. The molecule has 2 N–H and O–H groups in total. The largest absolute Gasteiger partial charge is 0.345 e. The number of nitrogens with zero attached hydrogens (tertiary/aromatic N) is 3. The number of piperidine rings is 1. The fraction of sp³-hybridized carbons (Fsp3) is 0.533. The van der Waals surface area contributed by atoms with Crippen molar-refractivity contribution in [3.63, 3.8) is 0 Å². The highest BCUT2D eigenvalue weighted by atomic mass is 35.5. The molecule has 126 valence electrons. The van der Waals surface area contributed by atoms with E-state index in [-0.39, 0.29) is 18.3 Å². The average Bonchev–Trinajstić information content (AvgIpc) is 3.22. The van der Waals surface area contributed by atoms with Crippen molar-refractivity contribution in [1.82, 2.24) is 25.4 Å². The molecule has 2 aromatic rings. The number of carbonyl (C=O) groups excluding carboxylic acids is 1. The number of rotatable bonds is 5. The second-order valence-electron chi connectivity index (χ2n) is 5.45. The molecule has 3 rings (SSSR count). The first kappa shape index (κ1) is 17.9. The number of aromatic nitrogens is 3. The molecule has 6 nitrogen and oxygen atoms in total. The van der Waals surface area contributed by atoms with Crippen molar-refractivity contribution in [2.45, 2.75) is 38.8 Å². The van der Waals surface area contributed by atoms with Crippen molar-refractivity contribution < 1.29 is 4.79 Å². The summed E-state index contributed by atoms with van der Waals surface area (Å²) in [5, 5.41) is 13.7. The molecule has 0 saturated carbocycles. The SMILES string of the molecule is CCc1nc(CNC(=O)c2ccn(C3CCCNC3)n2)cs1.Cl. The Morgan fingerprint density at radius 2 is 2.43 bits per heavy atom. The summed E-state index contributed by atoms with van der Waals surface area (Å²) in [6.07, 6.45) is 5.08. The molecule has 1 aliphatic heterocycles. The summed E-state index contributed by atoms with van der Waals surface area (Å²) in [7, 11) is 0. The van der Waals surface area contributed by atoms with Crippen LogP contribution in [-0.2, 0) is 13.0 Å². The summed E-state index contributed by atoms with van der Waals surface area (Å²) in [5.74, 6) is -0.145. The normalized spacial score (nSPS) is 17.5. The fourth-order valence-electron chi connectivity index (χ4n) is 2.58. The number of amides is 1. The van der Waals surface area contributed by atoms with Crippen molar-refractivity contribution in [2.75, 3.05) is 13.1 Å². The van der Waals surface area contributed by atoms with Gasteiger partial charge in [0.2, 0.25) is 0 Å². The maximum Gasteiger partial charge on any atom is 0.272 e. The van der Waals surface area contributed by atoms with Gasteiger partial charge in [0, 0.05) is 18.1 Å². The first-order valence-electron chi connectivity index (χ1n) is 7.73. The van der Waals surface area contributed by atoms with E-state index in [0.29, 0.717) is 18.3 Å². The smallest absolute Gasteiger partial charge is 0.272 e. The minimum Gasteiger partial charge on any atom is -0.345 e. The van der Waals surface area contributed by atoms with Crippen LogP contribution in [0.25, 0.3) is 0 Å². The number of thiazole rings is 1. The first-order chi connectivity index (χ1) is 10.8. The summed E-state index contributed by atoms with van der Waals surface area (Å²) >= 11 is 1.63. The Balaban J connectivity index is 0.00000192. The van der Waals surface area contributed by atoms with Gasteiger partial charge < -0.3 is 10.6 Å². The molecule has 0 spiro atoms. The zero-order chi connectivity index (χ0) is 15.4. The Morgan fingerprint density at radius 3 is 3.13 bits per heavy atom. The minimum atomic E-state index is -0.145. The average molecular weight is 356 g/mol. The molecule has 23 heavy (non-hydrogen) atoms. The van der Waals surface area contributed by atoms with E-state index in [1.807, 2.05) is 16.3 Å². The van der Waals surface area contributed by atoms with E-state index < -0.39 is 0 Å². The van der Waals surface area contributed by atoms with E-state index in [4.69, 9.17) is 0 Å². The van der Waals surface area contributed by atoms with Crippen LogP contribution in [0.1, 0.15) is 47.0 Å². The number of carbonyl (C=O) groups is 1. The molecule has 1 atom stereocenters. The maximum atomic E-state index is 12.2. The Bertz CT molecular complexity index is 635. The molecule has 3 heterocycles. The summed E-state index contributed by atoms with van der Waals surface area (Å²) in [6.45, 7) is 4.51. The van der Waals surface area contributed by atoms with E-state index in [9.17, 15) is 4.79 Å². The topological polar surface area (TPSA) is 71.8 Å². The molecule has 1 amide bonds. The fourth-order valence-corrected chi connectivity index (χ4v) is 3.32. The van der Waals surface area contributed by atoms with Crippen LogP contribution in [0.2, 0.25) is 0 Å². The van der Waals surface area contributed by atoms with Crippen LogP contribution >= 0.6 is 23.7 Å². The van der Waals surface area contributed by atoms with E-state index in [1.54, 1.807) is 17.4 Å². The van der Waals surface area contributed by atoms with Crippen LogP contribution in [0.4, 0.5) is 0 Å². The molecule has 0 aromatic carbocycles. The van der Waals surface area contributed by atoms with Crippen molar-refractivity contribution in [1.29, 1.82) is 0 Å². The number of nitrogens with one attached hydrogen (secondary N) is 2. The lowest BCUT2D eigenvalue weighted by Gasteiger charge is -2.22. The van der Waals surface area contributed by atoms with Crippen LogP contribution in [0, 0.1) is 0 Å². The third-order valence-corrected chi connectivity index (χ3v) is 4.86. The van der Waals surface area contributed by atoms with E-state index in [1.165, 1.54) is 0 Å². The number of hydrogen-bond acceptors (Lipinski definition) is 5. The minimum absolute atomic E-state index is 0. The van der Waals surface area contributed by atoms with Crippen molar-refractivity contribution >= 4 is 29.7 Å². The highest BCUT2D eigenvalue weighted by Crippen LogP contribution is 2.16. The van der Waals surface area contributed by atoms with E-state index in [0.717, 1.165) is 43.1 Å². The second kappa shape index (κ2) is 8.42. The molecule has 0 bridgehead atoms. The lowest BCUT2D eigenvalue weighted by Crippen LogP contribution is -2.32. The van der Waals surface area contributed by atoms with Crippen LogP contribution < -0.4 is 10.6 Å². The molecular formula is C15H22ClN5OS. The van der Waals surface area contributed by atoms with Crippen molar-refractivity contribution in [3.8, 4) is 0 Å². The molecule has 1 fully saturated rings. The molecule has 8 heteroatoms. The molecule has 0 radical (unpaired) electrons. The van der Waals surface area contributed by atoms with Gasteiger partial charge in [-0.1, -0.05) is 6.92 Å². The predicted octanol–water partition coefficient (Wildman–Crippen LogP) is 2.18. The summed E-state index contributed by atoms with van der Waals surface area (Å²) in [6, 6.07) is 2.13. The van der Waals surface area contributed by atoms with Crippen LogP contribution in [0.5, 0.6) is 0 Å². The van der Waals surface area contributed by atoms with Gasteiger partial charge in [-0.15, -0.1) is 23.7 Å². The van der Waals surface area contributed by atoms with Crippen LogP contribution in [-0.4, -0.2) is 33.8 Å². The maximum absolute atomic E-state index is 12.2. The summed E-state index contributed by atoms with van der Waals surface area (Å²) in [4.78, 5) is 16.6. The van der Waals surface area contributed by atoms with Gasteiger partial charge in [-0.2, -0.15) is 5.10 Å². The third kappa shape index (κ3) is 4.53. The summed E-state index contributed by atoms with van der Waals surface area (Å²) < 4.78 is 1.90. The van der Waals surface area contributed by atoms with Gasteiger partial charge in [0.05, 0.1) is 23.3 Å². The van der Waals surface area contributed by atoms with Crippen molar-refractivity contribution in [2.24, 2.45) is 0 Å². The number of hydrogen-bond donors (Lipinski definition) is 2. The second-order valence-corrected chi connectivity index (χ2v) is 6.39. The van der Waals surface area contributed by atoms with Gasteiger partial charge >= 0.3 is 0 Å². The van der Waals surface area contributed by atoms with Gasteiger partial charge in [0.25, 0.3) is 5.91 Å². The standard InChI is InChI=1S/C15H21N5OS.ClH/c1-2-14-18-11(10-22-14)8-17-15(21)13-5-7-20(19-13)12-4-3-6-16-9-12;/h5,7,10,12,16H,2-4,6,8-9H2,1H3,(H,17,21);1H. The Hall–Kier alpha value is -1.44. The molecular weight excluding hydrogens is 334 g/mol. The molecule has 1 saturated heterocycles. The lowest BCUT2D eigenvalue weighted by atomic mass is 10.1. The Kier molecular flexibility index (Phi) is 6.56. The van der Waals surface area contributed by atoms with E-state index in [2.05, 4.69) is 27.6 Å². The van der Waals surface area contributed by atoms with E-state index >= 15 is 0 Å². The zero-order valence-electron chi connectivity index (χ0n) is 13.1. The monoisotopic (exact) mass is 355 g/mol. The molecule has 1 aliphatic rings. The van der Waals surface area contributed by atoms with Gasteiger partial charge in [0.15, 0.2) is 0 Å².